The smallest absolute Gasteiger partial charge is 0.270 e. The molecule has 0 radical (unpaired) electrons. The van der Waals surface area contributed by atoms with Crippen molar-refractivity contribution in [2.45, 2.75) is 6.92 Å². The van der Waals surface area contributed by atoms with Crippen molar-refractivity contribution < 1.29 is 4.79 Å². The van der Waals surface area contributed by atoms with Crippen molar-refractivity contribution in [1.29, 1.82) is 0 Å². The molecule has 1 amide bonds. The van der Waals surface area contributed by atoms with Gasteiger partial charge < -0.3 is 15.1 Å². The van der Waals surface area contributed by atoms with E-state index in [0.717, 1.165) is 31.9 Å². The molecule has 1 N–H and O–H groups in total. The van der Waals surface area contributed by atoms with E-state index in [1.807, 2.05) is 6.07 Å². The number of hydrogen-bond donors (Lipinski definition) is 1. The van der Waals surface area contributed by atoms with Crippen molar-refractivity contribution in [3.63, 3.8) is 0 Å². The van der Waals surface area contributed by atoms with Crippen LogP contribution >= 0.6 is 0 Å². The first-order valence-electron chi connectivity index (χ1n) is 8.59. The summed E-state index contributed by atoms with van der Waals surface area (Å²) < 4.78 is 0. The number of amides is 1. The number of carbonyl (C=O) groups excluding carboxylic acids is 1. The quantitative estimate of drug-likeness (QED) is 0.853. The second-order valence-electron chi connectivity index (χ2n) is 6.21. The van der Waals surface area contributed by atoms with Crippen LogP contribution in [0.25, 0.3) is 0 Å². The van der Waals surface area contributed by atoms with Crippen LogP contribution in [0.2, 0.25) is 0 Å². The first-order chi connectivity index (χ1) is 12.2. The van der Waals surface area contributed by atoms with Crippen LogP contribution in [0.1, 0.15) is 16.1 Å². The highest BCUT2D eigenvalue weighted by Gasteiger charge is 2.18. The molecular weight excluding hydrogens is 312 g/mol. The van der Waals surface area contributed by atoms with Gasteiger partial charge >= 0.3 is 0 Å². The number of hydrogen-bond acceptors (Lipinski definition) is 4. The monoisotopic (exact) mass is 336 g/mol. The third-order valence-corrected chi connectivity index (χ3v) is 4.40. The summed E-state index contributed by atoms with van der Waals surface area (Å²) in [5, 5.41) is 2.74. The van der Waals surface area contributed by atoms with Gasteiger partial charge in [0, 0.05) is 38.4 Å². The number of pyridine rings is 1. The van der Waals surface area contributed by atoms with Crippen molar-refractivity contribution in [3.8, 4) is 0 Å². The lowest BCUT2D eigenvalue weighted by atomic mass is 10.2. The number of carbonyl (C=O) groups is 1. The van der Waals surface area contributed by atoms with E-state index in [9.17, 15) is 4.79 Å². The second kappa shape index (κ2) is 7.83. The van der Waals surface area contributed by atoms with Gasteiger partial charge in [-0.1, -0.05) is 18.2 Å². The maximum absolute atomic E-state index is 11.9. The van der Waals surface area contributed by atoms with Crippen molar-refractivity contribution in [2.75, 3.05) is 42.5 Å². The molecule has 2 heterocycles. The summed E-state index contributed by atoms with van der Waals surface area (Å²) >= 11 is 0. The number of aromatic nitrogens is 1. The van der Waals surface area contributed by atoms with Gasteiger partial charge in [-0.05, 0) is 36.8 Å². The number of nitrogens with zero attached hydrogens (tertiary/aromatic N) is 3. The minimum Gasteiger partial charge on any atom is -0.368 e. The second-order valence-corrected chi connectivity index (χ2v) is 6.21. The maximum Gasteiger partial charge on any atom is 0.270 e. The van der Waals surface area contributed by atoms with E-state index >= 15 is 0 Å². The number of piperazine rings is 1. The number of rotatable bonds is 5. The summed E-state index contributed by atoms with van der Waals surface area (Å²) in [6, 6.07) is 12.4. The summed E-state index contributed by atoms with van der Waals surface area (Å²) in [5.41, 5.74) is 4.06. The largest absolute Gasteiger partial charge is 0.368 e. The summed E-state index contributed by atoms with van der Waals surface area (Å²) in [6.45, 7) is 10.00. The van der Waals surface area contributed by atoms with E-state index in [1.54, 1.807) is 18.3 Å². The Balaban J connectivity index is 1.59. The standard InChI is InChI=1S/C20H24N4O/c1-3-9-21-20(25)19-8-7-18(15-22-19)24-12-10-23(11-13-24)17-6-4-5-16(2)14-17/h3-8,14-15H,1,9-13H2,2H3,(H,21,25). The molecule has 0 atom stereocenters. The summed E-state index contributed by atoms with van der Waals surface area (Å²) in [5.74, 6) is -0.171. The minimum atomic E-state index is -0.171. The number of benzene rings is 1. The number of aryl methyl sites for hydroxylation is 1. The molecule has 25 heavy (non-hydrogen) atoms. The topological polar surface area (TPSA) is 48.5 Å². The van der Waals surface area contributed by atoms with Gasteiger partial charge in [-0.3, -0.25) is 4.79 Å². The average molecular weight is 336 g/mol. The molecule has 1 saturated heterocycles. The maximum atomic E-state index is 11.9. The first kappa shape index (κ1) is 17.0. The van der Waals surface area contributed by atoms with Crippen LogP contribution < -0.4 is 15.1 Å². The molecule has 1 aliphatic rings. The predicted octanol–water partition coefficient (Wildman–Crippen LogP) is 2.63. The third-order valence-electron chi connectivity index (χ3n) is 4.40. The normalized spacial score (nSPS) is 14.3. The zero-order valence-electron chi connectivity index (χ0n) is 14.6. The molecule has 0 aliphatic carbocycles. The van der Waals surface area contributed by atoms with E-state index in [2.05, 4.69) is 57.9 Å². The fourth-order valence-corrected chi connectivity index (χ4v) is 3.01. The third kappa shape index (κ3) is 4.18. The minimum absolute atomic E-state index is 0.171. The van der Waals surface area contributed by atoms with Crippen LogP contribution in [0.3, 0.4) is 0 Å². The molecular formula is C20H24N4O. The van der Waals surface area contributed by atoms with Gasteiger partial charge in [-0.25, -0.2) is 4.98 Å². The highest BCUT2D eigenvalue weighted by Crippen LogP contribution is 2.21. The van der Waals surface area contributed by atoms with E-state index in [0.29, 0.717) is 12.2 Å². The van der Waals surface area contributed by atoms with Gasteiger partial charge in [0.15, 0.2) is 0 Å². The Labute approximate surface area is 149 Å². The molecule has 5 heteroatoms. The lowest BCUT2D eigenvalue weighted by molar-refractivity contribution is 0.0953. The van der Waals surface area contributed by atoms with Gasteiger partial charge in [0.1, 0.15) is 5.69 Å². The van der Waals surface area contributed by atoms with Crippen LogP contribution in [0.15, 0.2) is 55.3 Å². The Bertz CT molecular complexity index is 734. The molecule has 130 valence electrons. The predicted molar refractivity (Wildman–Crippen MR) is 102 cm³/mol. The summed E-state index contributed by atoms with van der Waals surface area (Å²) in [7, 11) is 0. The van der Waals surface area contributed by atoms with Gasteiger partial charge in [0.25, 0.3) is 5.91 Å². The number of anilines is 2. The van der Waals surface area contributed by atoms with Crippen molar-refractivity contribution in [3.05, 3.63) is 66.5 Å². The fourth-order valence-electron chi connectivity index (χ4n) is 3.01. The molecule has 3 rings (SSSR count). The van der Waals surface area contributed by atoms with Gasteiger partial charge in [-0.15, -0.1) is 6.58 Å². The van der Waals surface area contributed by atoms with Gasteiger partial charge in [-0.2, -0.15) is 0 Å². The zero-order valence-corrected chi connectivity index (χ0v) is 14.6. The van der Waals surface area contributed by atoms with Crippen LogP contribution in [-0.4, -0.2) is 43.6 Å². The first-order valence-corrected chi connectivity index (χ1v) is 8.59. The highest BCUT2D eigenvalue weighted by molar-refractivity contribution is 5.92. The van der Waals surface area contributed by atoms with E-state index < -0.39 is 0 Å². The Morgan fingerprint density at radius 2 is 1.88 bits per heavy atom. The lowest BCUT2D eigenvalue weighted by Gasteiger charge is -2.37. The summed E-state index contributed by atoms with van der Waals surface area (Å²) in [6.07, 6.45) is 3.44. The van der Waals surface area contributed by atoms with Crippen molar-refractivity contribution in [1.82, 2.24) is 10.3 Å². The van der Waals surface area contributed by atoms with Crippen molar-refractivity contribution >= 4 is 17.3 Å². The molecule has 2 aromatic rings. The lowest BCUT2D eigenvalue weighted by Crippen LogP contribution is -2.46. The van der Waals surface area contributed by atoms with Crippen LogP contribution in [0.4, 0.5) is 11.4 Å². The average Bonchev–Trinajstić information content (AvgIpc) is 2.66. The van der Waals surface area contributed by atoms with Gasteiger partial charge in [0.2, 0.25) is 0 Å². The Morgan fingerprint density at radius 3 is 2.48 bits per heavy atom. The molecule has 5 nitrogen and oxygen atoms in total. The zero-order chi connectivity index (χ0) is 17.6. The molecule has 0 unspecified atom stereocenters. The van der Waals surface area contributed by atoms with E-state index in [1.165, 1.54) is 11.3 Å². The van der Waals surface area contributed by atoms with Crippen LogP contribution in [-0.2, 0) is 0 Å². The molecule has 1 aromatic carbocycles. The van der Waals surface area contributed by atoms with Crippen LogP contribution in [0.5, 0.6) is 0 Å². The van der Waals surface area contributed by atoms with Gasteiger partial charge in [0.05, 0.1) is 11.9 Å². The number of nitrogens with one attached hydrogen (secondary N) is 1. The van der Waals surface area contributed by atoms with Crippen molar-refractivity contribution in [2.24, 2.45) is 0 Å². The van der Waals surface area contributed by atoms with Crippen LogP contribution in [0, 0.1) is 6.92 Å². The molecule has 1 aromatic heterocycles. The molecule has 1 aliphatic heterocycles. The Kier molecular flexibility index (Phi) is 5.33. The Morgan fingerprint density at radius 1 is 1.16 bits per heavy atom. The fraction of sp³-hybridized carbons (Fsp3) is 0.300. The molecule has 0 bridgehead atoms. The SMILES string of the molecule is C=CCNC(=O)c1ccc(N2CCN(c3cccc(C)c3)CC2)cn1. The Hall–Kier alpha value is -2.82. The molecule has 0 saturated carbocycles. The molecule has 0 spiro atoms. The summed E-state index contributed by atoms with van der Waals surface area (Å²) in [4.78, 5) is 20.9. The highest BCUT2D eigenvalue weighted by atomic mass is 16.1. The van der Waals surface area contributed by atoms with E-state index in [4.69, 9.17) is 0 Å². The van der Waals surface area contributed by atoms with E-state index in [-0.39, 0.29) is 5.91 Å². The molecule has 1 fully saturated rings.